The fraction of sp³-hybridized carbons (Fsp3) is 0.111. The van der Waals surface area contributed by atoms with Gasteiger partial charge in [-0.2, -0.15) is 0 Å². The number of fused-ring (bicyclic) bond motifs is 14. The van der Waals surface area contributed by atoms with Crippen molar-refractivity contribution in [2.45, 2.75) is 38.5 Å². The molecule has 0 unspecified atom stereocenters. The van der Waals surface area contributed by atoms with Gasteiger partial charge in [0.05, 0.1) is 0 Å². The molecule has 2 aliphatic carbocycles. The lowest BCUT2D eigenvalue weighted by atomic mass is 9.80. The van der Waals surface area contributed by atoms with Crippen LogP contribution >= 0.6 is 11.3 Å². The number of rotatable bonds is 2. The first kappa shape index (κ1) is 31.3. The predicted octanol–water partition coefficient (Wildman–Crippen LogP) is 15.5. The van der Waals surface area contributed by atoms with Gasteiger partial charge in [-0.25, -0.2) is 0 Å². The molecule has 10 aromatic rings. The van der Waals surface area contributed by atoms with Crippen molar-refractivity contribution in [2.24, 2.45) is 0 Å². The second-order valence-electron chi connectivity index (χ2n) is 16.8. The van der Waals surface area contributed by atoms with Crippen LogP contribution in [0.5, 0.6) is 0 Å². The minimum atomic E-state index is -0.150. The second kappa shape index (κ2) is 10.8. The Balaban J connectivity index is 1.10. The summed E-state index contributed by atoms with van der Waals surface area (Å²) in [6.45, 7) is 9.57. The minimum absolute atomic E-state index is 0.0186. The molecule has 1 aromatic heterocycles. The van der Waals surface area contributed by atoms with E-state index in [1.165, 1.54) is 119 Å². The molecule has 2 aliphatic rings. The van der Waals surface area contributed by atoms with Crippen LogP contribution in [0, 0.1) is 0 Å². The smallest absolute Gasteiger partial charge is 0.0362 e. The highest BCUT2D eigenvalue weighted by Gasteiger charge is 2.38. The van der Waals surface area contributed by atoms with Crippen molar-refractivity contribution < 1.29 is 0 Å². The predicted molar refractivity (Wildman–Crippen MR) is 238 cm³/mol. The molecule has 9 aromatic carbocycles. The lowest BCUT2D eigenvalue weighted by Gasteiger charge is -2.23. The van der Waals surface area contributed by atoms with E-state index >= 15 is 0 Å². The highest BCUT2D eigenvalue weighted by atomic mass is 32.1. The molecule has 0 spiro atoms. The summed E-state index contributed by atoms with van der Waals surface area (Å²) in [6, 6.07) is 60.0. The van der Waals surface area contributed by atoms with Crippen molar-refractivity contribution in [3.63, 3.8) is 0 Å². The Labute approximate surface area is 325 Å². The molecule has 55 heavy (non-hydrogen) atoms. The van der Waals surface area contributed by atoms with Crippen LogP contribution < -0.4 is 0 Å². The maximum absolute atomic E-state index is 2.52. The summed E-state index contributed by atoms with van der Waals surface area (Å²) < 4.78 is 2.71. The van der Waals surface area contributed by atoms with E-state index in [4.69, 9.17) is 0 Å². The van der Waals surface area contributed by atoms with Crippen LogP contribution in [0.25, 0.3) is 97.0 Å². The molecule has 260 valence electrons. The molecule has 0 bridgehead atoms. The van der Waals surface area contributed by atoms with E-state index in [0.717, 1.165) is 0 Å². The molecule has 0 fully saturated rings. The topological polar surface area (TPSA) is 0 Å². The van der Waals surface area contributed by atoms with Crippen molar-refractivity contribution in [1.82, 2.24) is 0 Å². The van der Waals surface area contributed by atoms with E-state index in [2.05, 4.69) is 185 Å². The molecule has 0 atom stereocenters. The lowest BCUT2D eigenvalue weighted by Crippen LogP contribution is -2.15. The molecule has 0 nitrogen and oxygen atoms in total. The first-order valence-electron chi connectivity index (χ1n) is 19.5. The molecule has 0 saturated carbocycles. The molecule has 12 rings (SSSR count). The zero-order chi connectivity index (χ0) is 36.8. The summed E-state index contributed by atoms with van der Waals surface area (Å²) in [6.07, 6.45) is 0. The van der Waals surface area contributed by atoms with Crippen LogP contribution in [0.1, 0.15) is 49.9 Å². The summed E-state index contributed by atoms with van der Waals surface area (Å²) >= 11 is 1.91. The monoisotopic (exact) mass is 718 g/mol. The fourth-order valence-electron chi connectivity index (χ4n) is 10.6. The van der Waals surface area contributed by atoms with Crippen LogP contribution in [0.15, 0.2) is 158 Å². The van der Waals surface area contributed by atoms with Crippen LogP contribution in [0.3, 0.4) is 0 Å². The molecule has 1 heteroatoms. The molecule has 1 heterocycles. The quantitative estimate of drug-likeness (QED) is 0.156. The third-order valence-electron chi connectivity index (χ3n) is 13.3. The van der Waals surface area contributed by atoms with Crippen molar-refractivity contribution in [1.29, 1.82) is 0 Å². The zero-order valence-corrected chi connectivity index (χ0v) is 32.2. The van der Waals surface area contributed by atoms with Crippen molar-refractivity contribution >= 4 is 63.8 Å². The normalized spacial score (nSPS) is 14.8. The summed E-state index contributed by atoms with van der Waals surface area (Å²) in [5.74, 6) is 0. The third kappa shape index (κ3) is 4.06. The van der Waals surface area contributed by atoms with E-state index in [1.54, 1.807) is 0 Å². The van der Waals surface area contributed by atoms with Gasteiger partial charge in [-0.3, -0.25) is 0 Å². The fourth-order valence-corrected chi connectivity index (χ4v) is 11.8. The largest absolute Gasteiger partial charge is 0.135 e. The lowest BCUT2D eigenvalue weighted by molar-refractivity contribution is 0.660. The van der Waals surface area contributed by atoms with Gasteiger partial charge in [0.25, 0.3) is 0 Å². The van der Waals surface area contributed by atoms with Gasteiger partial charge in [0, 0.05) is 31.0 Å². The highest BCUT2D eigenvalue weighted by Crippen LogP contribution is 2.56. The average molecular weight is 719 g/mol. The Morgan fingerprint density at radius 1 is 0.345 bits per heavy atom. The van der Waals surface area contributed by atoms with E-state index in [1.807, 2.05) is 11.3 Å². The van der Waals surface area contributed by atoms with Gasteiger partial charge in [0.2, 0.25) is 0 Å². The molecular weight excluding hydrogens is 681 g/mol. The zero-order valence-electron chi connectivity index (χ0n) is 31.4. The van der Waals surface area contributed by atoms with Gasteiger partial charge < -0.3 is 0 Å². The van der Waals surface area contributed by atoms with Crippen molar-refractivity contribution in [3.05, 3.63) is 180 Å². The van der Waals surface area contributed by atoms with E-state index in [0.29, 0.717) is 0 Å². The summed E-state index contributed by atoms with van der Waals surface area (Å²) in [4.78, 5) is 0. The number of hydrogen-bond donors (Lipinski definition) is 0. The van der Waals surface area contributed by atoms with Gasteiger partial charge in [-0.15, -0.1) is 11.3 Å². The Kier molecular flexibility index (Phi) is 6.16. The molecule has 0 amide bonds. The Hall–Kier alpha value is -6.02. The first-order chi connectivity index (χ1) is 26.8. The second-order valence-corrected chi connectivity index (χ2v) is 17.9. The van der Waals surface area contributed by atoms with E-state index < -0.39 is 0 Å². The molecule has 0 radical (unpaired) electrons. The average Bonchev–Trinajstić information content (AvgIpc) is 3.79. The summed E-state index contributed by atoms with van der Waals surface area (Å²) in [7, 11) is 0. The highest BCUT2D eigenvalue weighted by molar-refractivity contribution is 7.26. The molecule has 0 saturated heterocycles. The summed E-state index contributed by atoms with van der Waals surface area (Å²) in [5.41, 5.74) is 16.1. The van der Waals surface area contributed by atoms with E-state index in [9.17, 15) is 0 Å². The van der Waals surface area contributed by atoms with Crippen molar-refractivity contribution in [3.8, 4) is 44.5 Å². The third-order valence-corrected chi connectivity index (χ3v) is 14.4. The maximum atomic E-state index is 2.52. The maximum Gasteiger partial charge on any atom is 0.0362 e. The Bertz CT molecular complexity index is 3260. The Morgan fingerprint density at radius 3 is 1.62 bits per heavy atom. The first-order valence-corrected chi connectivity index (χ1v) is 20.3. The molecular formula is C54H38S. The van der Waals surface area contributed by atoms with Gasteiger partial charge in [0.15, 0.2) is 0 Å². The Morgan fingerprint density at radius 2 is 0.891 bits per heavy atom. The van der Waals surface area contributed by atoms with E-state index in [-0.39, 0.29) is 10.8 Å². The van der Waals surface area contributed by atoms with Gasteiger partial charge in [0.1, 0.15) is 0 Å². The number of benzene rings is 9. The standard InChI is InChI=1S/C54H38S/c1-53(2)42-19-11-9-13-34(42)41-29-32(23-26-43(41)53)48-35-14-5-7-16-37(35)49(38-17-8-6-15-36(38)48)33-21-25-39-45(30-33)54(3,4)44-27-22-31-24-28-47-52(50(31)51(39)44)40-18-10-12-20-46(40)55-47/h5-30H,1-4H3. The number of thiophene rings is 1. The SMILES string of the molecule is CC1(C)c2ccccc2-c2cc(-c3c4ccccc4c(-c4ccc5c(c4)C(C)(C)c4ccc6ccc7sc8ccccc8c7c6c4-5)c4ccccc34)ccc21. The van der Waals surface area contributed by atoms with Gasteiger partial charge >= 0.3 is 0 Å². The minimum Gasteiger partial charge on any atom is -0.135 e. The van der Waals surface area contributed by atoms with Crippen molar-refractivity contribution in [2.75, 3.05) is 0 Å². The molecule has 0 N–H and O–H groups in total. The summed E-state index contributed by atoms with van der Waals surface area (Å²) in [5, 5.41) is 10.6. The van der Waals surface area contributed by atoms with Gasteiger partial charge in [-0.1, -0.05) is 161 Å². The van der Waals surface area contributed by atoms with Gasteiger partial charge in [-0.05, 0) is 123 Å². The van der Waals surface area contributed by atoms with Crippen LogP contribution in [0.4, 0.5) is 0 Å². The van der Waals surface area contributed by atoms with Crippen LogP contribution in [-0.4, -0.2) is 0 Å². The van der Waals surface area contributed by atoms with Crippen LogP contribution in [0.2, 0.25) is 0 Å². The van der Waals surface area contributed by atoms with Crippen LogP contribution in [-0.2, 0) is 10.8 Å². The number of hydrogen-bond acceptors (Lipinski definition) is 1. The molecule has 0 aliphatic heterocycles.